The molecule has 1 atom stereocenters. The lowest BCUT2D eigenvalue weighted by Gasteiger charge is -2.12. The second-order valence-electron chi connectivity index (χ2n) is 2.51. The Balaban J connectivity index is 4.49. The number of ether oxygens (including phenoxy) is 1. The standard InChI is InChI=1S/C6H12N2O6S/c1-3-4(5(9)10)7-15(12,13)8-6(11)14-2/h4,7H,3H2,1-2H3,(H,8,11)(H,9,10)/t4-/m1/s1. The molecule has 88 valence electrons. The van der Waals surface area contributed by atoms with Crippen LogP contribution in [0.2, 0.25) is 0 Å². The number of aliphatic carboxylic acids is 1. The number of carbonyl (C=O) groups excluding carboxylic acids is 1. The highest BCUT2D eigenvalue weighted by atomic mass is 32.2. The highest BCUT2D eigenvalue weighted by Gasteiger charge is 2.23. The van der Waals surface area contributed by atoms with Crippen LogP contribution in [0.5, 0.6) is 0 Å². The predicted molar refractivity (Wildman–Crippen MR) is 49.3 cm³/mol. The van der Waals surface area contributed by atoms with Crippen LogP contribution in [0.25, 0.3) is 0 Å². The van der Waals surface area contributed by atoms with Crippen LogP contribution in [-0.4, -0.2) is 38.7 Å². The summed E-state index contributed by atoms with van der Waals surface area (Å²) in [6.45, 7) is 1.49. The summed E-state index contributed by atoms with van der Waals surface area (Å²) in [5.74, 6) is -1.33. The molecule has 0 spiro atoms. The minimum atomic E-state index is -4.20. The van der Waals surface area contributed by atoms with E-state index in [1.54, 1.807) is 4.72 Å². The van der Waals surface area contributed by atoms with Gasteiger partial charge in [0.25, 0.3) is 0 Å². The number of carboxylic acid groups (broad SMARTS) is 1. The molecule has 0 aliphatic carbocycles. The van der Waals surface area contributed by atoms with Crippen LogP contribution in [-0.2, 0) is 19.7 Å². The van der Waals surface area contributed by atoms with E-state index in [0.29, 0.717) is 0 Å². The molecule has 0 fully saturated rings. The van der Waals surface area contributed by atoms with Crippen LogP contribution in [0.3, 0.4) is 0 Å². The van der Waals surface area contributed by atoms with Crippen molar-refractivity contribution in [1.82, 2.24) is 9.44 Å². The van der Waals surface area contributed by atoms with Gasteiger partial charge in [0.1, 0.15) is 6.04 Å². The number of nitrogens with one attached hydrogen (secondary N) is 2. The summed E-state index contributed by atoms with van der Waals surface area (Å²) >= 11 is 0. The molecule has 0 saturated heterocycles. The van der Waals surface area contributed by atoms with E-state index in [4.69, 9.17) is 5.11 Å². The van der Waals surface area contributed by atoms with Gasteiger partial charge in [-0.3, -0.25) is 4.79 Å². The Bertz CT molecular complexity index is 338. The van der Waals surface area contributed by atoms with Crippen molar-refractivity contribution in [3.63, 3.8) is 0 Å². The van der Waals surface area contributed by atoms with E-state index >= 15 is 0 Å². The van der Waals surface area contributed by atoms with E-state index in [9.17, 15) is 18.0 Å². The van der Waals surface area contributed by atoms with Gasteiger partial charge in [-0.15, -0.1) is 0 Å². The van der Waals surface area contributed by atoms with Crippen LogP contribution in [0, 0.1) is 0 Å². The minimum Gasteiger partial charge on any atom is -0.480 e. The Morgan fingerprint density at radius 1 is 1.47 bits per heavy atom. The fourth-order valence-corrected chi connectivity index (χ4v) is 1.68. The van der Waals surface area contributed by atoms with Crippen LogP contribution < -0.4 is 9.44 Å². The van der Waals surface area contributed by atoms with Gasteiger partial charge in [0.15, 0.2) is 0 Å². The number of rotatable bonds is 5. The van der Waals surface area contributed by atoms with Gasteiger partial charge in [-0.2, -0.15) is 13.1 Å². The zero-order chi connectivity index (χ0) is 12.1. The zero-order valence-corrected chi connectivity index (χ0v) is 9.00. The van der Waals surface area contributed by atoms with Crippen LogP contribution in [0.15, 0.2) is 0 Å². The molecule has 9 heteroatoms. The molecule has 0 bridgehead atoms. The summed E-state index contributed by atoms with van der Waals surface area (Å²) in [5.41, 5.74) is 0. The van der Waals surface area contributed by atoms with E-state index in [0.717, 1.165) is 7.11 Å². The summed E-state index contributed by atoms with van der Waals surface area (Å²) in [5, 5.41) is 8.56. The van der Waals surface area contributed by atoms with E-state index in [2.05, 4.69) is 4.74 Å². The number of carboxylic acids is 1. The Kier molecular flexibility index (Phi) is 5.02. The normalized spacial score (nSPS) is 12.9. The topological polar surface area (TPSA) is 122 Å². The molecule has 0 rings (SSSR count). The molecule has 0 unspecified atom stereocenters. The van der Waals surface area contributed by atoms with Gasteiger partial charge in [-0.1, -0.05) is 6.92 Å². The molecule has 0 aliphatic rings. The van der Waals surface area contributed by atoms with E-state index in [1.807, 2.05) is 0 Å². The second kappa shape index (κ2) is 5.51. The van der Waals surface area contributed by atoms with E-state index in [-0.39, 0.29) is 6.42 Å². The first-order chi connectivity index (χ1) is 6.82. The lowest BCUT2D eigenvalue weighted by atomic mass is 10.2. The maximum absolute atomic E-state index is 11.1. The van der Waals surface area contributed by atoms with Crippen molar-refractivity contribution in [2.75, 3.05) is 7.11 Å². The Morgan fingerprint density at radius 3 is 2.33 bits per heavy atom. The monoisotopic (exact) mass is 240 g/mol. The van der Waals surface area contributed by atoms with Gasteiger partial charge in [0, 0.05) is 0 Å². The van der Waals surface area contributed by atoms with Crippen LogP contribution >= 0.6 is 0 Å². The van der Waals surface area contributed by atoms with Gasteiger partial charge in [0.05, 0.1) is 7.11 Å². The smallest absolute Gasteiger partial charge is 0.421 e. The second-order valence-corrected chi connectivity index (χ2v) is 3.96. The zero-order valence-electron chi connectivity index (χ0n) is 8.18. The minimum absolute atomic E-state index is 0.0530. The first kappa shape index (κ1) is 13.7. The number of carbonyl (C=O) groups is 2. The van der Waals surface area contributed by atoms with Crippen molar-refractivity contribution in [1.29, 1.82) is 0 Å². The van der Waals surface area contributed by atoms with E-state index in [1.165, 1.54) is 11.6 Å². The molecule has 0 aromatic rings. The van der Waals surface area contributed by atoms with Gasteiger partial charge >= 0.3 is 22.3 Å². The van der Waals surface area contributed by atoms with Crippen LogP contribution in [0.4, 0.5) is 4.79 Å². The van der Waals surface area contributed by atoms with Crippen molar-refractivity contribution < 1.29 is 27.9 Å². The number of amides is 1. The molecular formula is C6H12N2O6S. The first-order valence-corrected chi connectivity index (χ1v) is 5.41. The highest BCUT2D eigenvalue weighted by molar-refractivity contribution is 7.88. The molecule has 0 heterocycles. The lowest BCUT2D eigenvalue weighted by molar-refractivity contribution is -0.139. The molecule has 0 radical (unpaired) electrons. The van der Waals surface area contributed by atoms with Gasteiger partial charge in [0.2, 0.25) is 0 Å². The van der Waals surface area contributed by atoms with Crippen molar-refractivity contribution in [3.05, 3.63) is 0 Å². The Labute approximate surface area is 86.8 Å². The van der Waals surface area contributed by atoms with Crippen LogP contribution in [0.1, 0.15) is 13.3 Å². The maximum Gasteiger partial charge on any atom is 0.421 e. The molecule has 0 aromatic heterocycles. The first-order valence-electron chi connectivity index (χ1n) is 3.93. The SMILES string of the molecule is CC[C@@H](NS(=O)(=O)NC(=O)OC)C(=O)O. The molecule has 1 amide bonds. The van der Waals surface area contributed by atoms with Gasteiger partial charge in [-0.05, 0) is 6.42 Å². The largest absolute Gasteiger partial charge is 0.480 e. The summed E-state index contributed by atoms with van der Waals surface area (Å²) in [6, 6.07) is -1.29. The average molecular weight is 240 g/mol. The summed E-state index contributed by atoms with van der Waals surface area (Å²) in [7, 11) is -3.22. The molecule has 0 saturated carbocycles. The molecule has 3 N–H and O–H groups in total. The van der Waals surface area contributed by atoms with Crippen molar-refractivity contribution in [2.24, 2.45) is 0 Å². The molecule has 8 nitrogen and oxygen atoms in total. The Morgan fingerprint density at radius 2 is 2.00 bits per heavy atom. The van der Waals surface area contributed by atoms with Crippen molar-refractivity contribution in [3.8, 4) is 0 Å². The van der Waals surface area contributed by atoms with Gasteiger partial charge < -0.3 is 9.84 Å². The fourth-order valence-electron chi connectivity index (χ4n) is 0.676. The third-order valence-electron chi connectivity index (χ3n) is 1.41. The predicted octanol–water partition coefficient (Wildman–Crippen LogP) is -0.960. The number of methoxy groups -OCH3 is 1. The molecular weight excluding hydrogens is 228 g/mol. The van der Waals surface area contributed by atoms with Crippen molar-refractivity contribution >= 4 is 22.3 Å². The highest BCUT2D eigenvalue weighted by Crippen LogP contribution is 1.93. The van der Waals surface area contributed by atoms with Crippen molar-refractivity contribution in [2.45, 2.75) is 19.4 Å². The molecule has 0 aliphatic heterocycles. The summed E-state index contributed by atoms with van der Waals surface area (Å²) in [6.07, 6.45) is -1.14. The lowest BCUT2D eigenvalue weighted by Crippen LogP contribution is -2.47. The third-order valence-corrected chi connectivity index (χ3v) is 2.44. The fraction of sp³-hybridized carbons (Fsp3) is 0.667. The summed E-state index contributed by atoms with van der Waals surface area (Å²) in [4.78, 5) is 21.1. The maximum atomic E-state index is 11.1. The summed E-state index contributed by atoms with van der Waals surface area (Å²) < 4.78 is 29.5. The third kappa shape index (κ3) is 5.18. The number of hydrogen-bond acceptors (Lipinski definition) is 5. The molecule has 0 aromatic carbocycles. The number of hydrogen-bond donors (Lipinski definition) is 3. The quantitative estimate of drug-likeness (QED) is 0.569. The van der Waals surface area contributed by atoms with E-state index < -0.39 is 28.3 Å². The Hall–Kier alpha value is -1.35. The van der Waals surface area contributed by atoms with Gasteiger partial charge in [-0.25, -0.2) is 9.52 Å². The molecule has 15 heavy (non-hydrogen) atoms. The average Bonchev–Trinajstić information content (AvgIpc) is 2.13.